The van der Waals surface area contributed by atoms with Gasteiger partial charge in [0.1, 0.15) is 0 Å². The van der Waals surface area contributed by atoms with Crippen LogP contribution in [0.3, 0.4) is 0 Å². The Morgan fingerprint density at radius 2 is 1.95 bits per heavy atom. The predicted octanol–water partition coefficient (Wildman–Crippen LogP) is 2.46. The van der Waals surface area contributed by atoms with Crippen molar-refractivity contribution in [3.05, 3.63) is 23.1 Å². The predicted molar refractivity (Wildman–Crippen MR) is 82.8 cm³/mol. The van der Waals surface area contributed by atoms with Gasteiger partial charge in [-0.15, -0.1) is 0 Å². The summed E-state index contributed by atoms with van der Waals surface area (Å²) < 4.78 is 7.40. The quantitative estimate of drug-likeness (QED) is 0.914. The van der Waals surface area contributed by atoms with Crippen molar-refractivity contribution >= 4 is 5.69 Å². The van der Waals surface area contributed by atoms with E-state index in [1.54, 1.807) is 4.68 Å². The van der Waals surface area contributed by atoms with Gasteiger partial charge in [-0.3, -0.25) is 0 Å². The lowest BCUT2D eigenvalue weighted by Crippen LogP contribution is -2.12. The molecule has 0 aliphatic rings. The van der Waals surface area contributed by atoms with Crippen LogP contribution in [0.25, 0.3) is 5.95 Å². The third kappa shape index (κ3) is 3.15. The number of hydrogen-bond acceptors (Lipinski definition) is 5. The Hall–Kier alpha value is -2.11. The fraction of sp³-hybridized carbons (Fsp3) is 0.533. The average molecular weight is 289 g/mol. The first kappa shape index (κ1) is 15.3. The summed E-state index contributed by atoms with van der Waals surface area (Å²) in [6.07, 6.45) is 1.62. The van der Waals surface area contributed by atoms with Crippen molar-refractivity contribution in [2.75, 3.05) is 5.73 Å². The molecule has 0 amide bonds. The highest BCUT2D eigenvalue weighted by Gasteiger charge is 2.17. The number of nitrogen functional groups attached to an aromatic ring is 1. The molecule has 2 aromatic heterocycles. The summed E-state index contributed by atoms with van der Waals surface area (Å²) in [6.45, 7) is 9.93. The van der Waals surface area contributed by atoms with Gasteiger partial charge in [0.15, 0.2) is 0 Å². The van der Waals surface area contributed by atoms with Crippen LogP contribution in [0.1, 0.15) is 44.8 Å². The van der Waals surface area contributed by atoms with Crippen molar-refractivity contribution in [2.24, 2.45) is 0 Å². The molecule has 21 heavy (non-hydrogen) atoms. The van der Waals surface area contributed by atoms with Crippen molar-refractivity contribution in [3.8, 4) is 11.8 Å². The van der Waals surface area contributed by atoms with Crippen LogP contribution < -0.4 is 10.5 Å². The number of aryl methyl sites for hydroxylation is 2. The Morgan fingerprint density at radius 3 is 2.52 bits per heavy atom. The monoisotopic (exact) mass is 289 g/mol. The lowest BCUT2D eigenvalue weighted by Gasteiger charge is -2.11. The molecule has 0 unspecified atom stereocenters. The molecule has 0 atom stereocenters. The Bertz CT molecular complexity index is 633. The van der Waals surface area contributed by atoms with Gasteiger partial charge in [0.25, 0.3) is 5.95 Å². The summed E-state index contributed by atoms with van der Waals surface area (Å²) in [7, 11) is 0. The lowest BCUT2D eigenvalue weighted by molar-refractivity contribution is 0.231. The molecule has 0 aliphatic carbocycles. The maximum atomic E-state index is 6.15. The highest BCUT2D eigenvalue weighted by molar-refractivity contribution is 5.50. The minimum Gasteiger partial charge on any atom is -0.475 e. The molecular weight excluding hydrogens is 266 g/mol. The van der Waals surface area contributed by atoms with E-state index in [1.165, 1.54) is 0 Å². The third-order valence-electron chi connectivity index (χ3n) is 3.13. The van der Waals surface area contributed by atoms with Crippen LogP contribution in [0, 0.1) is 6.92 Å². The molecule has 0 aromatic carbocycles. The zero-order valence-corrected chi connectivity index (χ0v) is 13.3. The van der Waals surface area contributed by atoms with E-state index in [-0.39, 0.29) is 6.10 Å². The van der Waals surface area contributed by atoms with E-state index in [4.69, 9.17) is 10.5 Å². The van der Waals surface area contributed by atoms with E-state index >= 15 is 0 Å². The standard InChI is InChI=1S/C15H23N5O/c1-6-11-14(16)12(7-2)20(19-11)15-17-10(5)8-13(18-15)21-9(3)4/h8-9H,6-7,16H2,1-5H3. The molecular formula is C15H23N5O. The van der Waals surface area contributed by atoms with Gasteiger partial charge in [0, 0.05) is 11.8 Å². The van der Waals surface area contributed by atoms with E-state index in [0.29, 0.717) is 11.8 Å². The van der Waals surface area contributed by atoms with Gasteiger partial charge < -0.3 is 10.5 Å². The SMILES string of the molecule is CCc1nn(-c2nc(C)cc(OC(C)C)n2)c(CC)c1N. The number of anilines is 1. The summed E-state index contributed by atoms with van der Waals surface area (Å²) in [4.78, 5) is 8.92. The van der Waals surface area contributed by atoms with E-state index in [9.17, 15) is 0 Å². The molecule has 0 radical (unpaired) electrons. The van der Waals surface area contributed by atoms with Gasteiger partial charge in [0.2, 0.25) is 5.88 Å². The molecule has 114 valence electrons. The minimum absolute atomic E-state index is 0.0617. The highest BCUT2D eigenvalue weighted by Crippen LogP contribution is 2.22. The Kier molecular flexibility index (Phi) is 4.45. The molecule has 6 heteroatoms. The molecule has 0 bridgehead atoms. The first-order valence-corrected chi connectivity index (χ1v) is 7.35. The number of nitrogens with zero attached hydrogens (tertiary/aromatic N) is 4. The second kappa shape index (κ2) is 6.11. The molecule has 0 saturated heterocycles. The van der Waals surface area contributed by atoms with Gasteiger partial charge in [-0.25, -0.2) is 9.67 Å². The van der Waals surface area contributed by atoms with Crippen LogP contribution in [0.5, 0.6) is 5.88 Å². The van der Waals surface area contributed by atoms with Crippen molar-refractivity contribution < 1.29 is 4.74 Å². The minimum atomic E-state index is 0.0617. The molecule has 6 nitrogen and oxygen atoms in total. The topological polar surface area (TPSA) is 78.8 Å². The number of aromatic nitrogens is 4. The average Bonchev–Trinajstić information content (AvgIpc) is 2.73. The van der Waals surface area contributed by atoms with Gasteiger partial charge in [0.05, 0.1) is 23.2 Å². The highest BCUT2D eigenvalue weighted by atomic mass is 16.5. The fourth-order valence-electron chi connectivity index (χ4n) is 2.20. The van der Waals surface area contributed by atoms with Crippen molar-refractivity contribution in [3.63, 3.8) is 0 Å². The smallest absolute Gasteiger partial charge is 0.254 e. The van der Waals surface area contributed by atoms with Crippen LogP contribution in [0.15, 0.2) is 6.07 Å². The molecule has 2 rings (SSSR count). The summed E-state index contributed by atoms with van der Waals surface area (Å²) in [5, 5.41) is 4.54. The first-order valence-electron chi connectivity index (χ1n) is 7.35. The van der Waals surface area contributed by atoms with Crippen molar-refractivity contribution in [2.45, 2.75) is 53.6 Å². The van der Waals surface area contributed by atoms with E-state index < -0.39 is 0 Å². The second-order valence-electron chi connectivity index (χ2n) is 5.24. The normalized spacial score (nSPS) is 11.1. The summed E-state index contributed by atoms with van der Waals surface area (Å²) in [6, 6.07) is 1.82. The van der Waals surface area contributed by atoms with Gasteiger partial charge >= 0.3 is 0 Å². The molecule has 2 N–H and O–H groups in total. The Labute approximate surface area is 125 Å². The number of hydrogen-bond donors (Lipinski definition) is 1. The Morgan fingerprint density at radius 1 is 1.24 bits per heavy atom. The molecule has 0 fully saturated rings. The van der Waals surface area contributed by atoms with E-state index in [1.807, 2.05) is 40.7 Å². The lowest BCUT2D eigenvalue weighted by atomic mass is 10.2. The number of nitrogens with two attached hydrogens (primary N) is 1. The summed E-state index contributed by atoms with van der Waals surface area (Å²) >= 11 is 0. The molecule has 2 aromatic rings. The van der Waals surface area contributed by atoms with Crippen LogP contribution in [-0.4, -0.2) is 25.9 Å². The van der Waals surface area contributed by atoms with Gasteiger partial charge in [-0.05, 0) is 33.6 Å². The number of rotatable bonds is 5. The first-order chi connectivity index (χ1) is 9.96. The van der Waals surface area contributed by atoms with Crippen LogP contribution in [0.4, 0.5) is 5.69 Å². The van der Waals surface area contributed by atoms with E-state index in [2.05, 4.69) is 15.1 Å². The van der Waals surface area contributed by atoms with E-state index in [0.717, 1.165) is 35.6 Å². The molecule has 0 spiro atoms. The maximum Gasteiger partial charge on any atom is 0.254 e. The Balaban J connectivity index is 2.53. The maximum absolute atomic E-state index is 6.15. The third-order valence-corrected chi connectivity index (χ3v) is 3.13. The van der Waals surface area contributed by atoms with Crippen LogP contribution in [0.2, 0.25) is 0 Å². The zero-order valence-electron chi connectivity index (χ0n) is 13.3. The van der Waals surface area contributed by atoms with Crippen LogP contribution in [-0.2, 0) is 12.8 Å². The summed E-state index contributed by atoms with van der Waals surface area (Å²) in [5.41, 5.74) is 9.54. The molecule has 0 saturated carbocycles. The largest absolute Gasteiger partial charge is 0.475 e. The number of ether oxygens (including phenoxy) is 1. The van der Waals surface area contributed by atoms with Gasteiger partial charge in [-0.1, -0.05) is 13.8 Å². The second-order valence-corrected chi connectivity index (χ2v) is 5.24. The molecule has 0 aliphatic heterocycles. The van der Waals surface area contributed by atoms with Crippen molar-refractivity contribution in [1.82, 2.24) is 19.7 Å². The van der Waals surface area contributed by atoms with Crippen molar-refractivity contribution in [1.29, 1.82) is 0 Å². The summed E-state index contributed by atoms with van der Waals surface area (Å²) in [5.74, 6) is 1.07. The zero-order chi connectivity index (χ0) is 15.6. The van der Waals surface area contributed by atoms with Gasteiger partial charge in [-0.2, -0.15) is 10.1 Å². The molecule has 2 heterocycles. The van der Waals surface area contributed by atoms with Crippen LogP contribution >= 0.6 is 0 Å². The fourth-order valence-corrected chi connectivity index (χ4v) is 2.20.